The molecule has 1 atom stereocenters. The molecule has 0 heterocycles. The molecular weight excluding hydrogens is 254 g/mol. The normalized spacial score (nSPS) is 12.8. The van der Waals surface area contributed by atoms with E-state index in [2.05, 4.69) is 18.7 Å². The van der Waals surface area contributed by atoms with Gasteiger partial charge in [0.25, 0.3) is 0 Å². The van der Waals surface area contributed by atoms with Crippen LogP contribution >= 0.6 is 0 Å². The van der Waals surface area contributed by atoms with Crippen LogP contribution in [0.5, 0.6) is 11.5 Å². The maximum Gasteiger partial charge on any atom is 0.165 e. The first-order chi connectivity index (χ1) is 9.53. The van der Waals surface area contributed by atoms with E-state index in [1.807, 2.05) is 25.1 Å². The van der Waals surface area contributed by atoms with E-state index >= 15 is 0 Å². The zero-order valence-corrected chi connectivity index (χ0v) is 13.2. The summed E-state index contributed by atoms with van der Waals surface area (Å²) >= 11 is 0. The lowest BCUT2D eigenvalue weighted by molar-refractivity contribution is 0.0875. The van der Waals surface area contributed by atoms with Gasteiger partial charge in [0, 0.05) is 24.7 Å². The number of aliphatic hydroxyl groups excluding tert-OH is 1. The van der Waals surface area contributed by atoms with Gasteiger partial charge in [-0.15, -0.1) is 0 Å². The van der Waals surface area contributed by atoms with Crippen molar-refractivity contribution < 1.29 is 14.6 Å². The third-order valence-electron chi connectivity index (χ3n) is 3.50. The molecule has 1 unspecified atom stereocenters. The Morgan fingerprint density at radius 2 is 1.90 bits per heavy atom. The highest BCUT2D eigenvalue weighted by Crippen LogP contribution is 2.31. The quantitative estimate of drug-likeness (QED) is 0.795. The molecule has 0 amide bonds. The lowest BCUT2D eigenvalue weighted by atomic mass is 10.1. The first kappa shape index (κ1) is 16.8. The molecule has 4 heteroatoms. The van der Waals surface area contributed by atoms with Crippen LogP contribution in [0.25, 0.3) is 0 Å². The van der Waals surface area contributed by atoms with Gasteiger partial charge in [-0.3, -0.25) is 4.90 Å². The van der Waals surface area contributed by atoms with Gasteiger partial charge < -0.3 is 14.6 Å². The van der Waals surface area contributed by atoms with Gasteiger partial charge in [-0.1, -0.05) is 19.1 Å². The Morgan fingerprint density at radius 1 is 1.20 bits per heavy atom. The molecule has 0 fully saturated rings. The Labute approximate surface area is 122 Å². The van der Waals surface area contributed by atoms with Crippen LogP contribution in [0.3, 0.4) is 0 Å². The fraction of sp³-hybridized carbons (Fsp3) is 0.625. The largest absolute Gasteiger partial charge is 0.493 e. The summed E-state index contributed by atoms with van der Waals surface area (Å²) in [5.74, 6) is 1.51. The number of hydrogen-bond acceptors (Lipinski definition) is 4. The second-order valence-corrected chi connectivity index (χ2v) is 5.24. The minimum absolute atomic E-state index is 0.297. The van der Waals surface area contributed by atoms with E-state index in [0.29, 0.717) is 12.6 Å². The van der Waals surface area contributed by atoms with Crippen molar-refractivity contribution in [1.29, 1.82) is 0 Å². The number of para-hydroxylation sites is 1. The lowest BCUT2D eigenvalue weighted by Gasteiger charge is -2.29. The molecule has 0 spiro atoms. The van der Waals surface area contributed by atoms with Crippen LogP contribution in [-0.2, 0) is 6.54 Å². The van der Waals surface area contributed by atoms with Crippen LogP contribution in [0.2, 0.25) is 0 Å². The zero-order chi connectivity index (χ0) is 15.1. The number of benzene rings is 1. The molecule has 0 aliphatic rings. The van der Waals surface area contributed by atoms with Gasteiger partial charge >= 0.3 is 0 Å². The molecule has 0 radical (unpaired) electrons. The molecule has 1 aromatic rings. The van der Waals surface area contributed by atoms with Crippen molar-refractivity contribution in [3.8, 4) is 11.5 Å². The molecule has 20 heavy (non-hydrogen) atoms. The highest BCUT2D eigenvalue weighted by molar-refractivity contribution is 5.46. The third-order valence-corrected chi connectivity index (χ3v) is 3.50. The van der Waals surface area contributed by atoms with E-state index in [1.165, 1.54) is 0 Å². The maximum absolute atomic E-state index is 9.88. The van der Waals surface area contributed by atoms with Crippen molar-refractivity contribution in [2.75, 3.05) is 20.8 Å². The van der Waals surface area contributed by atoms with Crippen molar-refractivity contribution in [3.05, 3.63) is 23.8 Å². The van der Waals surface area contributed by atoms with Gasteiger partial charge in [-0.25, -0.2) is 0 Å². The summed E-state index contributed by atoms with van der Waals surface area (Å²) in [5, 5.41) is 9.88. The van der Waals surface area contributed by atoms with E-state index in [-0.39, 0.29) is 6.10 Å². The Morgan fingerprint density at radius 3 is 2.40 bits per heavy atom. The Bertz CT molecular complexity index is 407. The van der Waals surface area contributed by atoms with Crippen molar-refractivity contribution >= 4 is 0 Å². The minimum atomic E-state index is -0.297. The minimum Gasteiger partial charge on any atom is -0.493 e. The Hall–Kier alpha value is -1.26. The summed E-state index contributed by atoms with van der Waals surface area (Å²) in [4.78, 5) is 2.24. The van der Waals surface area contributed by atoms with E-state index in [4.69, 9.17) is 9.47 Å². The number of hydrogen-bond donors (Lipinski definition) is 1. The molecule has 0 aliphatic carbocycles. The van der Waals surface area contributed by atoms with Crippen molar-refractivity contribution in [1.82, 2.24) is 4.90 Å². The predicted molar refractivity (Wildman–Crippen MR) is 81.4 cm³/mol. The van der Waals surface area contributed by atoms with Crippen LogP contribution in [0.4, 0.5) is 0 Å². The van der Waals surface area contributed by atoms with Crippen molar-refractivity contribution in [3.63, 3.8) is 0 Å². The summed E-state index contributed by atoms with van der Waals surface area (Å²) in [5.41, 5.74) is 1.07. The van der Waals surface area contributed by atoms with E-state index in [0.717, 1.165) is 30.0 Å². The average molecular weight is 281 g/mol. The van der Waals surface area contributed by atoms with Crippen molar-refractivity contribution in [2.24, 2.45) is 0 Å². The molecular formula is C16H27NO3. The second kappa shape index (κ2) is 8.12. The molecule has 0 bridgehead atoms. The molecule has 1 rings (SSSR count). The van der Waals surface area contributed by atoms with Gasteiger partial charge in [0.15, 0.2) is 11.5 Å². The molecule has 0 saturated heterocycles. The average Bonchev–Trinajstić information content (AvgIpc) is 2.45. The topological polar surface area (TPSA) is 41.9 Å². The predicted octanol–water partition coefficient (Wildman–Crippen LogP) is 2.69. The van der Waals surface area contributed by atoms with Gasteiger partial charge in [0.05, 0.1) is 20.3 Å². The summed E-state index contributed by atoms with van der Waals surface area (Å²) in [7, 11) is 3.30. The molecule has 1 N–H and O–H groups in total. The molecule has 4 nitrogen and oxygen atoms in total. The van der Waals surface area contributed by atoms with E-state index in [9.17, 15) is 5.11 Å². The van der Waals surface area contributed by atoms with Crippen LogP contribution in [0.1, 0.15) is 32.8 Å². The first-order valence-electron chi connectivity index (χ1n) is 7.15. The fourth-order valence-corrected chi connectivity index (χ4v) is 2.15. The first-order valence-corrected chi connectivity index (χ1v) is 7.15. The van der Waals surface area contributed by atoms with Gasteiger partial charge in [-0.2, -0.15) is 0 Å². The van der Waals surface area contributed by atoms with Crippen LogP contribution in [0, 0.1) is 0 Å². The van der Waals surface area contributed by atoms with Gasteiger partial charge in [0.2, 0.25) is 0 Å². The second-order valence-electron chi connectivity index (χ2n) is 5.24. The van der Waals surface area contributed by atoms with Crippen LogP contribution < -0.4 is 9.47 Å². The Kier molecular flexibility index (Phi) is 6.82. The van der Waals surface area contributed by atoms with Crippen molar-refractivity contribution in [2.45, 2.75) is 45.9 Å². The summed E-state index contributed by atoms with van der Waals surface area (Å²) in [6.45, 7) is 7.66. The summed E-state index contributed by atoms with van der Waals surface area (Å²) < 4.78 is 10.8. The number of rotatable bonds is 8. The van der Waals surface area contributed by atoms with Gasteiger partial charge in [0.1, 0.15) is 0 Å². The number of ether oxygens (including phenoxy) is 2. The highest BCUT2D eigenvalue weighted by atomic mass is 16.5. The SMILES string of the molecule is CCC(O)CN(Cc1cccc(OC)c1OC)C(C)C. The molecule has 0 aliphatic heterocycles. The number of methoxy groups -OCH3 is 2. The summed E-state index contributed by atoms with van der Waals surface area (Å²) in [6, 6.07) is 6.25. The lowest BCUT2D eigenvalue weighted by Crippen LogP contribution is -2.37. The standard InChI is InChI=1S/C16H27NO3/c1-6-14(18)11-17(12(2)3)10-13-8-7-9-15(19-4)16(13)20-5/h7-9,12,14,18H,6,10-11H2,1-5H3. The summed E-state index contributed by atoms with van der Waals surface area (Å²) in [6.07, 6.45) is 0.465. The zero-order valence-electron chi connectivity index (χ0n) is 13.2. The fourth-order valence-electron chi connectivity index (χ4n) is 2.15. The molecule has 0 saturated carbocycles. The number of aliphatic hydroxyl groups is 1. The van der Waals surface area contributed by atoms with E-state index in [1.54, 1.807) is 14.2 Å². The molecule has 114 valence electrons. The van der Waals surface area contributed by atoms with Crippen LogP contribution in [-0.4, -0.2) is 42.9 Å². The van der Waals surface area contributed by atoms with Crippen LogP contribution in [0.15, 0.2) is 18.2 Å². The van der Waals surface area contributed by atoms with Gasteiger partial charge in [-0.05, 0) is 26.3 Å². The third kappa shape index (κ3) is 4.39. The highest BCUT2D eigenvalue weighted by Gasteiger charge is 2.17. The molecule has 0 aromatic heterocycles. The number of nitrogens with zero attached hydrogens (tertiary/aromatic N) is 1. The maximum atomic E-state index is 9.88. The smallest absolute Gasteiger partial charge is 0.165 e. The Balaban J connectivity index is 2.93. The molecule has 1 aromatic carbocycles. The monoisotopic (exact) mass is 281 g/mol. The van der Waals surface area contributed by atoms with E-state index < -0.39 is 0 Å².